The van der Waals surface area contributed by atoms with E-state index < -0.39 is 0 Å². The van der Waals surface area contributed by atoms with Crippen molar-refractivity contribution in [2.24, 2.45) is 17.6 Å². The first-order valence-corrected chi connectivity index (χ1v) is 7.52. The summed E-state index contributed by atoms with van der Waals surface area (Å²) in [6.45, 7) is 2.68. The molecule has 19 heavy (non-hydrogen) atoms. The number of nitrogens with zero attached hydrogens (tertiary/aromatic N) is 1. The number of hydrogen-bond acceptors (Lipinski definition) is 3. The summed E-state index contributed by atoms with van der Waals surface area (Å²) in [5, 5.41) is 2.94. The lowest BCUT2D eigenvalue weighted by Crippen LogP contribution is -2.29. The number of nitrogens with one attached hydrogen (secondary N) is 1. The minimum absolute atomic E-state index is 0.0911. The summed E-state index contributed by atoms with van der Waals surface area (Å²) in [6, 6.07) is 1.95. The fourth-order valence-electron chi connectivity index (χ4n) is 2.55. The van der Waals surface area contributed by atoms with Crippen molar-refractivity contribution >= 4 is 27.7 Å². The first-order chi connectivity index (χ1) is 9.10. The molecule has 1 aromatic heterocycles. The van der Waals surface area contributed by atoms with Crippen LogP contribution in [0.15, 0.2) is 16.7 Å². The van der Waals surface area contributed by atoms with Gasteiger partial charge in [-0.05, 0) is 72.6 Å². The molecule has 0 bridgehead atoms. The predicted molar refractivity (Wildman–Crippen MR) is 79.8 cm³/mol. The summed E-state index contributed by atoms with van der Waals surface area (Å²) in [7, 11) is 0. The number of hydrogen-bond donors (Lipinski definition) is 2. The van der Waals surface area contributed by atoms with Gasteiger partial charge in [0, 0.05) is 16.6 Å². The van der Waals surface area contributed by atoms with Gasteiger partial charge in [0.1, 0.15) is 5.82 Å². The summed E-state index contributed by atoms with van der Waals surface area (Å²) in [4.78, 5) is 16.5. The number of aromatic nitrogens is 1. The molecule has 0 aliphatic heterocycles. The first-order valence-electron chi connectivity index (χ1n) is 6.73. The lowest BCUT2D eigenvalue weighted by molar-refractivity contribution is -0.121. The minimum Gasteiger partial charge on any atom is -0.330 e. The number of carbonyl (C=O) groups is 1. The van der Waals surface area contributed by atoms with Crippen LogP contribution in [0.5, 0.6) is 0 Å². The lowest BCUT2D eigenvalue weighted by atomic mass is 9.81. The van der Waals surface area contributed by atoms with Gasteiger partial charge in [-0.2, -0.15) is 0 Å². The number of pyridine rings is 1. The van der Waals surface area contributed by atoms with Crippen LogP contribution in [0.1, 0.15) is 31.2 Å². The average molecular weight is 326 g/mol. The molecule has 104 valence electrons. The Morgan fingerprint density at radius 2 is 2.16 bits per heavy atom. The van der Waals surface area contributed by atoms with Gasteiger partial charge in [0.2, 0.25) is 5.91 Å². The maximum absolute atomic E-state index is 12.2. The Bertz CT molecular complexity index is 456. The van der Waals surface area contributed by atoms with E-state index in [2.05, 4.69) is 26.2 Å². The van der Waals surface area contributed by atoms with Gasteiger partial charge in [0.25, 0.3) is 0 Å². The minimum atomic E-state index is 0.0911. The number of halogens is 1. The number of amides is 1. The van der Waals surface area contributed by atoms with E-state index in [1.54, 1.807) is 6.20 Å². The zero-order valence-corrected chi connectivity index (χ0v) is 12.7. The molecule has 0 atom stereocenters. The molecule has 1 aliphatic carbocycles. The highest BCUT2D eigenvalue weighted by Crippen LogP contribution is 2.29. The molecule has 1 aliphatic rings. The molecule has 0 saturated heterocycles. The molecular formula is C14H20BrN3O. The van der Waals surface area contributed by atoms with Crippen LogP contribution in [0.4, 0.5) is 5.82 Å². The summed E-state index contributed by atoms with van der Waals surface area (Å²) >= 11 is 3.37. The quantitative estimate of drug-likeness (QED) is 0.897. The molecule has 1 saturated carbocycles. The number of carbonyl (C=O) groups excluding carboxylic acids is 1. The summed E-state index contributed by atoms with van der Waals surface area (Å²) in [5.74, 6) is 1.45. The van der Waals surface area contributed by atoms with Gasteiger partial charge in [-0.3, -0.25) is 4.79 Å². The number of rotatable bonds is 3. The molecule has 0 spiro atoms. The van der Waals surface area contributed by atoms with Crippen LogP contribution in [-0.4, -0.2) is 17.4 Å². The van der Waals surface area contributed by atoms with Gasteiger partial charge in [0.15, 0.2) is 0 Å². The molecule has 4 nitrogen and oxygen atoms in total. The summed E-state index contributed by atoms with van der Waals surface area (Å²) in [6.07, 6.45) is 5.68. The fraction of sp³-hybridized carbons (Fsp3) is 0.571. The highest BCUT2D eigenvalue weighted by Gasteiger charge is 2.26. The summed E-state index contributed by atoms with van der Waals surface area (Å²) in [5.41, 5.74) is 6.64. The van der Waals surface area contributed by atoms with Crippen molar-refractivity contribution in [2.75, 3.05) is 11.9 Å². The van der Waals surface area contributed by atoms with Crippen LogP contribution in [0.25, 0.3) is 0 Å². The van der Waals surface area contributed by atoms with Gasteiger partial charge in [-0.15, -0.1) is 0 Å². The standard InChI is InChI=1S/C14H20BrN3O/c1-9-6-12(15)8-17-13(9)18-14(19)11-4-2-10(7-16)3-5-11/h6,8,10-11H,2-5,7,16H2,1H3,(H,17,18,19). The molecular weight excluding hydrogens is 306 g/mol. The highest BCUT2D eigenvalue weighted by molar-refractivity contribution is 9.10. The Kier molecular flexibility index (Phi) is 4.93. The lowest BCUT2D eigenvalue weighted by Gasteiger charge is -2.26. The largest absolute Gasteiger partial charge is 0.330 e. The Morgan fingerprint density at radius 3 is 2.74 bits per heavy atom. The second-order valence-electron chi connectivity index (χ2n) is 5.26. The highest BCUT2D eigenvalue weighted by atomic mass is 79.9. The number of nitrogens with two attached hydrogens (primary N) is 1. The molecule has 1 fully saturated rings. The van der Waals surface area contributed by atoms with Gasteiger partial charge >= 0.3 is 0 Å². The van der Waals surface area contributed by atoms with Gasteiger partial charge in [0.05, 0.1) is 0 Å². The van der Waals surface area contributed by atoms with Gasteiger partial charge < -0.3 is 11.1 Å². The third-order valence-corrected chi connectivity index (χ3v) is 4.27. The van der Waals surface area contributed by atoms with Crippen molar-refractivity contribution < 1.29 is 4.79 Å². The molecule has 1 heterocycles. The van der Waals surface area contributed by atoms with Crippen molar-refractivity contribution in [3.63, 3.8) is 0 Å². The zero-order valence-electron chi connectivity index (χ0n) is 11.2. The van der Waals surface area contributed by atoms with Crippen molar-refractivity contribution in [2.45, 2.75) is 32.6 Å². The van der Waals surface area contributed by atoms with Crippen LogP contribution < -0.4 is 11.1 Å². The maximum atomic E-state index is 12.2. The molecule has 0 radical (unpaired) electrons. The predicted octanol–water partition coefficient (Wildman–Crippen LogP) is 2.86. The second-order valence-corrected chi connectivity index (χ2v) is 6.18. The van der Waals surface area contributed by atoms with Crippen LogP contribution in [0.2, 0.25) is 0 Å². The van der Waals surface area contributed by atoms with E-state index in [-0.39, 0.29) is 11.8 Å². The molecule has 0 unspecified atom stereocenters. The van der Waals surface area contributed by atoms with E-state index in [0.717, 1.165) is 42.3 Å². The second kappa shape index (κ2) is 6.48. The summed E-state index contributed by atoms with van der Waals surface area (Å²) < 4.78 is 0.923. The van der Waals surface area contributed by atoms with Gasteiger partial charge in [-0.25, -0.2) is 4.98 Å². The Labute approximate surface area is 122 Å². The van der Waals surface area contributed by atoms with Crippen LogP contribution in [-0.2, 0) is 4.79 Å². The topological polar surface area (TPSA) is 68.0 Å². The van der Waals surface area contributed by atoms with E-state index in [0.29, 0.717) is 11.7 Å². The van der Waals surface area contributed by atoms with E-state index >= 15 is 0 Å². The zero-order chi connectivity index (χ0) is 13.8. The number of aryl methyl sites for hydroxylation is 1. The molecule has 1 amide bonds. The average Bonchev–Trinajstić information content (AvgIpc) is 2.42. The Morgan fingerprint density at radius 1 is 1.47 bits per heavy atom. The van der Waals surface area contributed by atoms with Gasteiger partial charge in [-0.1, -0.05) is 0 Å². The van der Waals surface area contributed by atoms with E-state index in [9.17, 15) is 4.79 Å². The Hall–Kier alpha value is -0.940. The molecule has 2 rings (SSSR count). The smallest absolute Gasteiger partial charge is 0.228 e. The van der Waals surface area contributed by atoms with E-state index in [1.807, 2.05) is 13.0 Å². The van der Waals surface area contributed by atoms with E-state index in [4.69, 9.17) is 5.73 Å². The van der Waals surface area contributed by atoms with E-state index in [1.165, 1.54) is 0 Å². The van der Waals surface area contributed by atoms with Crippen molar-refractivity contribution in [3.8, 4) is 0 Å². The van der Waals surface area contributed by atoms with Crippen molar-refractivity contribution in [1.29, 1.82) is 0 Å². The van der Waals surface area contributed by atoms with Crippen molar-refractivity contribution in [1.82, 2.24) is 4.98 Å². The SMILES string of the molecule is Cc1cc(Br)cnc1NC(=O)C1CCC(CN)CC1. The fourth-order valence-corrected chi connectivity index (χ4v) is 3.00. The molecule has 0 aromatic carbocycles. The number of anilines is 1. The normalized spacial score (nSPS) is 23.1. The third-order valence-electron chi connectivity index (χ3n) is 3.84. The van der Waals surface area contributed by atoms with Crippen LogP contribution >= 0.6 is 15.9 Å². The monoisotopic (exact) mass is 325 g/mol. The molecule has 1 aromatic rings. The first kappa shape index (κ1) is 14.5. The molecule has 3 N–H and O–H groups in total. The Balaban J connectivity index is 1.94. The molecule has 5 heteroatoms. The third kappa shape index (κ3) is 3.76. The van der Waals surface area contributed by atoms with Crippen LogP contribution in [0, 0.1) is 18.8 Å². The maximum Gasteiger partial charge on any atom is 0.228 e. The van der Waals surface area contributed by atoms with Crippen LogP contribution in [0.3, 0.4) is 0 Å². The van der Waals surface area contributed by atoms with Crippen molar-refractivity contribution in [3.05, 3.63) is 22.3 Å².